The van der Waals surface area contributed by atoms with Crippen molar-refractivity contribution in [2.45, 2.75) is 18.9 Å². The highest BCUT2D eigenvalue weighted by atomic mass is 16.2. The lowest BCUT2D eigenvalue weighted by atomic mass is 9.80. The van der Waals surface area contributed by atoms with Crippen LogP contribution >= 0.6 is 0 Å². The Hall–Kier alpha value is -0.570. The molecule has 0 unspecified atom stereocenters. The number of hydrogen-bond donors (Lipinski definition) is 1. The van der Waals surface area contributed by atoms with Crippen molar-refractivity contribution in [3.63, 3.8) is 0 Å². The molecule has 2 heterocycles. The van der Waals surface area contributed by atoms with Crippen molar-refractivity contribution >= 4 is 5.91 Å². The van der Waals surface area contributed by atoms with Crippen molar-refractivity contribution < 1.29 is 4.79 Å². The summed E-state index contributed by atoms with van der Waals surface area (Å²) in [6.07, 6.45) is 1.25. The fourth-order valence-electron chi connectivity index (χ4n) is 1.66. The third-order valence-corrected chi connectivity index (χ3v) is 2.54. The molecule has 0 saturated carbocycles. The molecule has 2 aliphatic rings. The molecule has 56 valence electrons. The van der Waals surface area contributed by atoms with Gasteiger partial charge >= 0.3 is 0 Å². The van der Waals surface area contributed by atoms with Crippen molar-refractivity contribution in [2.75, 3.05) is 19.6 Å². The lowest BCUT2D eigenvalue weighted by Crippen LogP contribution is -2.76. The third-order valence-electron chi connectivity index (χ3n) is 2.54. The fraction of sp³-hybridized carbons (Fsp3) is 0.857. The molecule has 0 aromatic heterocycles. The molecule has 1 spiro atoms. The van der Waals surface area contributed by atoms with Gasteiger partial charge in [-0.15, -0.1) is 0 Å². The summed E-state index contributed by atoms with van der Waals surface area (Å²) in [6, 6.07) is 0. The molecule has 0 bridgehead atoms. The van der Waals surface area contributed by atoms with Crippen LogP contribution in [0.15, 0.2) is 0 Å². The van der Waals surface area contributed by atoms with Crippen LogP contribution in [-0.4, -0.2) is 36.0 Å². The standard InChI is InChI=1S/C7H12N2O/c1-6(10)9-4-7(5-9)2-3-8-7/h8H,2-5H2,1H3. The summed E-state index contributed by atoms with van der Waals surface area (Å²) in [4.78, 5) is 12.6. The number of carbonyl (C=O) groups excluding carboxylic acids is 1. The minimum Gasteiger partial charge on any atom is -0.339 e. The molecular weight excluding hydrogens is 128 g/mol. The molecule has 1 amide bonds. The average Bonchev–Trinajstić information content (AvgIpc) is 1.54. The third kappa shape index (κ3) is 0.669. The Balaban J connectivity index is 1.88. The minimum atomic E-state index is 0.208. The molecule has 0 aromatic carbocycles. The van der Waals surface area contributed by atoms with Gasteiger partial charge in [-0.2, -0.15) is 0 Å². The molecule has 3 nitrogen and oxygen atoms in total. The molecule has 3 heteroatoms. The second kappa shape index (κ2) is 1.72. The summed E-state index contributed by atoms with van der Waals surface area (Å²) < 4.78 is 0. The van der Waals surface area contributed by atoms with E-state index in [-0.39, 0.29) is 5.91 Å². The predicted molar refractivity (Wildman–Crippen MR) is 37.6 cm³/mol. The molecule has 2 fully saturated rings. The molecular formula is C7H12N2O. The first-order valence-electron chi connectivity index (χ1n) is 3.72. The summed E-state index contributed by atoms with van der Waals surface area (Å²) >= 11 is 0. The van der Waals surface area contributed by atoms with Gasteiger partial charge < -0.3 is 10.2 Å². The van der Waals surface area contributed by atoms with Gasteiger partial charge in [0.25, 0.3) is 0 Å². The second-order valence-corrected chi connectivity index (χ2v) is 3.33. The van der Waals surface area contributed by atoms with Gasteiger partial charge in [0.15, 0.2) is 0 Å². The molecule has 2 saturated heterocycles. The van der Waals surface area contributed by atoms with E-state index < -0.39 is 0 Å². The van der Waals surface area contributed by atoms with Gasteiger partial charge in [-0.05, 0) is 13.0 Å². The fourth-order valence-corrected chi connectivity index (χ4v) is 1.66. The van der Waals surface area contributed by atoms with Gasteiger partial charge in [0.05, 0.1) is 5.54 Å². The molecule has 0 aliphatic carbocycles. The monoisotopic (exact) mass is 140 g/mol. The zero-order valence-electron chi connectivity index (χ0n) is 6.18. The van der Waals surface area contributed by atoms with Gasteiger partial charge in [-0.3, -0.25) is 4.79 Å². The van der Waals surface area contributed by atoms with Crippen LogP contribution < -0.4 is 5.32 Å². The Morgan fingerprint density at radius 3 is 2.50 bits per heavy atom. The SMILES string of the molecule is CC(=O)N1CC2(CCN2)C1. The van der Waals surface area contributed by atoms with E-state index in [1.807, 2.05) is 4.90 Å². The minimum absolute atomic E-state index is 0.208. The molecule has 2 rings (SSSR count). The van der Waals surface area contributed by atoms with Crippen molar-refractivity contribution in [1.29, 1.82) is 0 Å². The van der Waals surface area contributed by atoms with Crippen molar-refractivity contribution in [3.05, 3.63) is 0 Å². The van der Waals surface area contributed by atoms with Crippen LogP contribution in [0.1, 0.15) is 13.3 Å². The maximum absolute atomic E-state index is 10.8. The topological polar surface area (TPSA) is 32.3 Å². The van der Waals surface area contributed by atoms with Crippen LogP contribution in [-0.2, 0) is 4.79 Å². The molecule has 1 N–H and O–H groups in total. The van der Waals surface area contributed by atoms with Crippen LogP contribution in [0.2, 0.25) is 0 Å². The van der Waals surface area contributed by atoms with E-state index in [9.17, 15) is 4.79 Å². The number of hydrogen-bond acceptors (Lipinski definition) is 2. The van der Waals surface area contributed by atoms with Gasteiger partial charge in [0, 0.05) is 20.0 Å². The lowest BCUT2D eigenvalue weighted by molar-refractivity contribution is -0.140. The lowest BCUT2D eigenvalue weighted by Gasteiger charge is -2.56. The highest BCUT2D eigenvalue weighted by Gasteiger charge is 2.47. The summed E-state index contributed by atoms with van der Waals surface area (Å²) in [6.45, 7) is 4.63. The summed E-state index contributed by atoms with van der Waals surface area (Å²) in [5, 5.41) is 3.35. The normalized spacial score (nSPS) is 27.5. The van der Waals surface area contributed by atoms with Crippen LogP contribution in [0, 0.1) is 0 Å². The summed E-state index contributed by atoms with van der Waals surface area (Å²) in [7, 11) is 0. The number of amides is 1. The van der Waals surface area contributed by atoms with Crippen molar-refractivity contribution in [3.8, 4) is 0 Å². The Morgan fingerprint density at radius 1 is 1.60 bits per heavy atom. The largest absolute Gasteiger partial charge is 0.339 e. The summed E-state index contributed by atoms with van der Waals surface area (Å²) in [5.41, 5.74) is 0.353. The van der Waals surface area contributed by atoms with E-state index in [0.717, 1.165) is 19.6 Å². The van der Waals surface area contributed by atoms with Crippen LogP contribution in [0.4, 0.5) is 0 Å². The number of likely N-dealkylation sites (tertiary alicyclic amines) is 1. The Bertz CT molecular complexity index is 166. The highest BCUT2D eigenvalue weighted by molar-refractivity contribution is 5.74. The number of nitrogens with one attached hydrogen (secondary N) is 1. The number of rotatable bonds is 0. The molecule has 10 heavy (non-hydrogen) atoms. The Labute approximate surface area is 60.4 Å². The van der Waals surface area contributed by atoms with Gasteiger partial charge in [0.2, 0.25) is 5.91 Å². The van der Waals surface area contributed by atoms with E-state index >= 15 is 0 Å². The number of nitrogens with zero attached hydrogens (tertiary/aromatic N) is 1. The maximum atomic E-state index is 10.8. The zero-order chi connectivity index (χ0) is 7.19. The molecule has 0 atom stereocenters. The summed E-state index contributed by atoms with van der Waals surface area (Å²) in [5.74, 6) is 0.208. The molecule has 0 radical (unpaired) electrons. The first kappa shape index (κ1) is 6.16. The quantitative estimate of drug-likeness (QED) is 0.495. The van der Waals surface area contributed by atoms with Crippen molar-refractivity contribution in [1.82, 2.24) is 10.2 Å². The average molecular weight is 140 g/mol. The Kier molecular flexibility index (Phi) is 1.06. The second-order valence-electron chi connectivity index (χ2n) is 3.33. The van der Waals surface area contributed by atoms with E-state index in [4.69, 9.17) is 0 Å². The molecule has 2 aliphatic heterocycles. The Morgan fingerprint density at radius 2 is 2.20 bits per heavy atom. The first-order chi connectivity index (χ1) is 4.72. The smallest absolute Gasteiger partial charge is 0.219 e. The first-order valence-corrected chi connectivity index (χ1v) is 3.72. The molecule has 0 aromatic rings. The van der Waals surface area contributed by atoms with Crippen LogP contribution in [0.3, 0.4) is 0 Å². The van der Waals surface area contributed by atoms with Gasteiger partial charge in [0.1, 0.15) is 0 Å². The van der Waals surface area contributed by atoms with Crippen LogP contribution in [0.5, 0.6) is 0 Å². The van der Waals surface area contributed by atoms with Gasteiger partial charge in [-0.25, -0.2) is 0 Å². The maximum Gasteiger partial charge on any atom is 0.219 e. The highest BCUT2D eigenvalue weighted by Crippen LogP contribution is 2.29. The van der Waals surface area contributed by atoms with Crippen molar-refractivity contribution in [2.24, 2.45) is 0 Å². The van der Waals surface area contributed by atoms with Crippen LogP contribution in [0.25, 0.3) is 0 Å². The van der Waals surface area contributed by atoms with E-state index in [1.54, 1.807) is 6.92 Å². The van der Waals surface area contributed by atoms with E-state index in [1.165, 1.54) is 6.42 Å². The number of carbonyl (C=O) groups is 1. The predicted octanol–water partition coefficient (Wildman–Crippen LogP) is -0.419. The zero-order valence-corrected chi connectivity index (χ0v) is 6.18. The van der Waals surface area contributed by atoms with E-state index in [0.29, 0.717) is 5.54 Å². The van der Waals surface area contributed by atoms with Gasteiger partial charge in [-0.1, -0.05) is 0 Å². The van der Waals surface area contributed by atoms with E-state index in [2.05, 4.69) is 5.32 Å².